The van der Waals surface area contributed by atoms with E-state index in [9.17, 15) is 18.0 Å². The average Bonchev–Trinajstić information content (AvgIpc) is 2.16. The van der Waals surface area contributed by atoms with Gasteiger partial charge in [0.15, 0.2) is 0 Å². The van der Waals surface area contributed by atoms with Crippen molar-refractivity contribution in [3.63, 3.8) is 0 Å². The number of alkyl halides is 3. The molecule has 1 amide bonds. The Hall–Kier alpha value is -2.03. The summed E-state index contributed by atoms with van der Waals surface area (Å²) in [6, 6.07) is 0.862. The van der Waals surface area contributed by atoms with E-state index in [1.807, 2.05) is 0 Å². The molecule has 1 rings (SSSR count). The molecule has 6 heteroatoms. The summed E-state index contributed by atoms with van der Waals surface area (Å²) in [6.07, 6.45) is -2.76. The largest absolute Gasteiger partial charge is 0.417 e. The molecule has 3 nitrogen and oxygen atoms in total. The number of hydrogen-bond donors (Lipinski definition) is 1. The van der Waals surface area contributed by atoms with Gasteiger partial charge in [-0.05, 0) is 6.07 Å². The maximum Gasteiger partial charge on any atom is 0.417 e. The van der Waals surface area contributed by atoms with E-state index < -0.39 is 17.6 Å². The molecule has 0 bridgehead atoms. The summed E-state index contributed by atoms with van der Waals surface area (Å²) in [5.74, 6) is 4.09. The molecule has 0 saturated heterocycles. The number of nitrogens with two attached hydrogens (primary N) is 1. The van der Waals surface area contributed by atoms with Gasteiger partial charge in [0, 0.05) is 18.0 Å². The normalized spacial score (nSPS) is 10.4. The van der Waals surface area contributed by atoms with E-state index in [2.05, 4.69) is 16.8 Å². The van der Waals surface area contributed by atoms with Crippen LogP contribution < -0.4 is 5.73 Å². The van der Waals surface area contributed by atoms with Gasteiger partial charge in [-0.2, -0.15) is 13.2 Å². The highest BCUT2D eigenvalue weighted by molar-refractivity contribution is 5.76. The second-order valence-electron chi connectivity index (χ2n) is 2.90. The first-order valence-electron chi connectivity index (χ1n) is 4.19. The number of aromatic nitrogens is 1. The molecule has 0 aliphatic rings. The van der Waals surface area contributed by atoms with Crippen molar-refractivity contribution < 1.29 is 18.0 Å². The van der Waals surface area contributed by atoms with Crippen LogP contribution >= 0.6 is 0 Å². The van der Waals surface area contributed by atoms with Gasteiger partial charge in [0.1, 0.15) is 0 Å². The zero-order valence-electron chi connectivity index (χ0n) is 8.01. The number of amides is 1. The predicted molar refractivity (Wildman–Crippen MR) is 49.9 cm³/mol. The average molecular weight is 228 g/mol. The summed E-state index contributed by atoms with van der Waals surface area (Å²) >= 11 is 0. The number of carbonyl (C=O) groups is 1. The molecule has 0 fully saturated rings. The van der Waals surface area contributed by atoms with E-state index in [1.165, 1.54) is 6.20 Å². The lowest BCUT2D eigenvalue weighted by atomic mass is 10.2. The van der Waals surface area contributed by atoms with Gasteiger partial charge in [0.05, 0.1) is 12.0 Å². The van der Waals surface area contributed by atoms with Crippen molar-refractivity contribution in [3.8, 4) is 11.8 Å². The van der Waals surface area contributed by atoms with Gasteiger partial charge in [-0.1, -0.05) is 11.8 Å². The number of primary amides is 1. The molecule has 2 N–H and O–H groups in total. The van der Waals surface area contributed by atoms with Crippen LogP contribution in [0.1, 0.15) is 17.5 Å². The van der Waals surface area contributed by atoms with Gasteiger partial charge in [0.25, 0.3) is 0 Å². The molecule has 16 heavy (non-hydrogen) atoms. The Morgan fingerprint density at radius 1 is 1.44 bits per heavy atom. The number of nitrogens with zero attached hydrogens (tertiary/aromatic N) is 1. The zero-order valence-corrected chi connectivity index (χ0v) is 8.01. The Bertz CT molecular complexity index is 457. The van der Waals surface area contributed by atoms with E-state index in [0.717, 1.165) is 6.07 Å². The number of halogens is 3. The molecule has 84 valence electrons. The minimum atomic E-state index is -4.45. The fourth-order valence-corrected chi connectivity index (χ4v) is 0.897. The highest BCUT2D eigenvalue weighted by atomic mass is 19.4. The van der Waals surface area contributed by atoms with E-state index >= 15 is 0 Å². The van der Waals surface area contributed by atoms with E-state index in [0.29, 0.717) is 6.20 Å². The summed E-state index contributed by atoms with van der Waals surface area (Å²) in [5, 5.41) is 0. The van der Waals surface area contributed by atoms with Crippen molar-refractivity contribution in [2.24, 2.45) is 5.73 Å². The second kappa shape index (κ2) is 4.66. The van der Waals surface area contributed by atoms with Crippen LogP contribution in [0.15, 0.2) is 18.5 Å². The van der Waals surface area contributed by atoms with Crippen LogP contribution in [0, 0.1) is 11.8 Å². The number of hydrogen-bond acceptors (Lipinski definition) is 2. The van der Waals surface area contributed by atoms with E-state index in [4.69, 9.17) is 5.73 Å². The maximum absolute atomic E-state index is 12.3. The van der Waals surface area contributed by atoms with Gasteiger partial charge in [0.2, 0.25) is 5.91 Å². The van der Waals surface area contributed by atoms with Crippen molar-refractivity contribution in [3.05, 3.63) is 29.6 Å². The standard InChI is InChI=1S/C10H7F3N2O/c11-10(12,13)8-4-7(5-15-6-8)2-1-3-9(14)16/h4-6H,3H2,(H2,14,16). The Labute approximate surface area is 89.5 Å². The van der Waals surface area contributed by atoms with Crippen LogP contribution in [0.3, 0.4) is 0 Å². The van der Waals surface area contributed by atoms with Crippen molar-refractivity contribution in [1.29, 1.82) is 0 Å². The summed E-state index contributed by atoms with van der Waals surface area (Å²) in [7, 11) is 0. The molecule has 0 aliphatic heterocycles. The summed E-state index contributed by atoms with van der Waals surface area (Å²) in [5.41, 5.74) is 4.04. The van der Waals surface area contributed by atoms with Crippen LogP contribution in [0.5, 0.6) is 0 Å². The lowest BCUT2D eigenvalue weighted by Gasteiger charge is -2.04. The number of carbonyl (C=O) groups excluding carboxylic acids is 1. The zero-order chi connectivity index (χ0) is 12.2. The van der Waals surface area contributed by atoms with Gasteiger partial charge >= 0.3 is 6.18 Å². The molecule has 1 heterocycles. The van der Waals surface area contributed by atoms with Crippen LogP contribution in [-0.4, -0.2) is 10.9 Å². The molecule has 0 unspecified atom stereocenters. The molecule has 1 aromatic heterocycles. The Morgan fingerprint density at radius 3 is 2.69 bits per heavy atom. The molecule has 1 aromatic rings. The summed E-state index contributed by atoms with van der Waals surface area (Å²) in [4.78, 5) is 13.7. The topological polar surface area (TPSA) is 56.0 Å². The third kappa shape index (κ3) is 3.61. The Balaban J connectivity index is 2.90. The summed E-state index contributed by atoms with van der Waals surface area (Å²) in [6.45, 7) is 0. The fraction of sp³-hybridized carbons (Fsp3) is 0.200. The molecule has 0 atom stereocenters. The number of pyridine rings is 1. The fourth-order valence-electron chi connectivity index (χ4n) is 0.897. The quantitative estimate of drug-likeness (QED) is 0.737. The van der Waals surface area contributed by atoms with E-state index in [1.54, 1.807) is 0 Å². The molecular weight excluding hydrogens is 221 g/mol. The van der Waals surface area contributed by atoms with Crippen molar-refractivity contribution in [2.75, 3.05) is 0 Å². The highest BCUT2D eigenvalue weighted by Crippen LogP contribution is 2.28. The first kappa shape index (κ1) is 12.0. The SMILES string of the molecule is NC(=O)CC#Cc1cncc(C(F)(F)F)c1. The third-order valence-corrected chi connectivity index (χ3v) is 1.56. The van der Waals surface area contributed by atoms with Gasteiger partial charge in [-0.3, -0.25) is 9.78 Å². The van der Waals surface area contributed by atoms with Crippen LogP contribution in [0.2, 0.25) is 0 Å². The van der Waals surface area contributed by atoms with Gasteiger partial charge < -0.3 is 5.73 Å². The first-order chi connectivity index (χ1) is 7.39. The smallest absolute Gasteiger partial charge is 0.369 e. The van der Waals surface area contributed by atoms with Crippen LogP contribution in [0.4, 0.5) is 13.2 Å². The van der Waals surface area contributed by atoms with E-state index in [-0.39, 0.29) is 12.0 Å². The molecule has 0 aliphatic carbocycles. The van der Waals surface area contributed by atoms with Gasteiger partial charge in [-0.15, -0.1) is 0 Å². The lowest BCUT2D eigenvalue weighted by molar-refractivity contribution is -0.137. The monoisotopic (exact) mass is 228 g/mol. The maximum atomic E-state index is 12.3. The van der Waals surface area contributed by atoms with Gasteiger partial charge in [-0.25, -0.2) is 0 Å². The highest BCUT2D eigenvalue weighted by Gasteiger charge is 2.30. The minimum Gasteiger partial charge on any atom is -0.369 e. The van der Waals surface area contributed by atoms with Crippen LogP contribution in [0.25, 0.3) is 0 Å². The predicted octanol–water partition coefficient (Wildman–Crippen LogP) is 1.33. The molecular formula is C10H7F3N2O. The number of rotatable bonds is 1. The van der Waals surface area contributed by atoms with Crippen LogP contribution in [-0.2, 0) is 11.0 Å². The molecule has 0 radical (unpaired) electrons. The minimum absolute atomic E-state index is 0.0936. The third-order valence-electron chi connectivity index (χ3n) is 1.56. The first-order valence-corrected chi connectivity index (χ1v) is 4.19. The van der Waals surface area contributed by atoms with Crippen molar-refractivity contribution in [1.82, 2.24) is 4.98 Å². The Kier molecular flexibility index (Phi) is 3.51. The molecule has 0 spiro atoms. The van der Waals surface area contributed by atoms with Crippen molar-refractivity contribution >= 4 is 5.91 Å². The lowest BCUT2D eigenvalue weighted by Crippen LogP contribution is -2.08. The Morgan fingerprint density at radius 2 is 2.12 bits per heavy atom. The summed E-state index contributed by atoms with van der Waals surface area (Å²) < 4.78 is 36.8. The van der Waals surface area contributed by atoms with Crippen molar-refractivity contribution in [2.45, 2.75) is 12.6 Å². The molecule has 0 aromatic carbocycles. The molecule has 0 saturated carbocycles. The second-order valence-corrected chi connectivity index (χ2v) is 2.90.